The molecule has 1 aromatic heterocycles. The first-order valence-electron chi connectivity index (χ1n) is 9.16. The van der Waals surface area contributed by atoms with Gasteiger partial charge in [0.15, 0.2) is 0 Å². The molecule has 0 spiro atoms. The highest BCUT2D eigenvalue weighted by Gasteiger charge is 2.19. The van der Waals surface area contributed by atoms with Gasteiger partial charge in [0.2, 0.25) is 5.91 Å². The Bertz CT molecular complexity index is 1090. The number of para-hydroxylation sites is 2. The number of carbonyl (C=O) groups excluding carboxylic acids is 2. The summed E-state index contributed by atoms with van der Waals surface area (Å²) in [4.78, 5) is 36.8. The second kappa shape index (κ2) is 8.96. The minimum absolute atomic E-state index is 0.00190. The number of aromatic nitrogens is 2. The number of ether oxygens (including phenoxy) is 1. The van der Waals surface area contributed by atoms with Gasteiger partial charge in [-0.25, -0.2) is 4.79 Å². The molecule has 1 N–H and O–H groups in total. The number of nitrogens with zero attached hydrogens (tertiary/aromatic N) is 2. The standard InChI is InChI=1S/C21H22ClN3O4/c1-24-17-5-3-4-6-18(17)25(21(24)28)12-11-19(26)23-16(13-20(27)29-2)14-7-9-15(22)10-8-14/h3-10,16H,11-13H2,1-2H3,(H,23,26). The molecule has 152 valence electrons. The highest BCUT2D eigenvalue weighted by atomic mass is 35.5. The maximum absolute atomic E-state index is 12.6. The molecule has 0 aliphatic rings. The fourth-order valence-corrected chi connectivity index (χ4v) is 3.38. The zero-order valence-electron chi connectivity index (χ0n) is 16.2. The number of fused-ring (bicyclic) bond motifs is 1. The Kier molecular flexibility index (Phi) is 6.39. The molecule has 0 saturated heterocycles. The molecular weight excluding hydrogens is 394 g/mol. The van der Waals surface area contributed by atoms with Crippen LogP contribution < -0.4 is 11.0 Å². The number of benzene rings is 2. The van der Waals surface area contributed by atoms with Gasteiger partial charge in [-0.3, -0.25) is 18.7 Å². The summed E-state index contributed by atoms with van der Waals surface area (Å²) in [5, 5.41) is 3.42. The van der Waals surface area contributed by atoms with E-state index in [4.69, 9.17) is 16.3 Å². The number of hydrogen-bond donors (Lipinski definition) is 1. The van der Waals surface area contributed by atoms with E-state index >= 15 is 0 Å². The summed E-state index contributed by atoms with van der Waals surface area (Å²) in [5.41, 5.74) is 2.15. The van der Waals surface area contributed by atoms with Crippen LogP contribution in [0, 0.1) is 0 Å². The van der Waals surface area contributed by atoms with Crippen molar-refractivity contribution in [1.29, 1.82) is 0 Å². The van der Waals surface area contributed by atoms with Gasteiger partial charge in [0.05, 0.1) is 30.6 Å². The Labute approximate surface area is 172 Å². The molecule has 1 unspecified atom stereocenters. The molecule has 0 aliphatic carbocycles. The number of rotatable bonds is 7. The van der Waals surface area contributed by atoms with Crippen molar-refractivity contribution < 1.29 is 14.3 Å². The molecule has 0 aliphatic heterocycles. The maximum atomic E-state index is 12.6. The number of methoxy groups -OCH3 is 1. The van der Waals surface area contributed by atoms with E-state index in [1.54, 1.807) is 40.4 Å². The predicted octanol–water partition coefficient (Wildman–Crippen LogP) is 2.80. The van der Waals surface area contributed by atoms with Crippen LogP contribution in [0.5, 0.6) is 0 Å². The van der Waals surface area contributed by atoms with Crippen molar-refractivity contribution in [2.75, 3.05) is 7.11 Å². The maximum Gasteiger partial charge on any atom is 0.328 e. The molecular formula is C21H22ClN3O4. The highest BCUT2D eigenvalue weighted by molar-refractivity contribution is 6.30. The smallest absolute Gasteiger partial charge is 0.328 e. The van der Waals surface area contributed by atoms with Gasteiger partial charge in [-0.15, -0.1) is 0 Å². The lowest BCUT2D eigenvalue weighted by molar-refractivity contribution is -0.141. The zero-order valence-corrected chi connectivity index (χ0v) is 17.0. The number of nitrogens with one attached hydrogen (secondary N) is 1. The SMILES string of the molecule is COC(=O)CC(NC(=O)CCn1c(=O)n(C)c2ccccc21)c1ccc(Cl)cc1. The topological polar surface area (TPSA) is 82.3 Å². The van der Waals surface area contributed by atoms with Crippen LogP contribution in [0.2, 0.25) is 5.02 Å². The molecule has 0 radical (unpaired) electrons. The van der Waals surface area contributed by atoms with Crippen molar-refractivity contribution in [3.05, 3.63) is 69.6 Å². The van der Waals surface area contributed by atoms with Crippen LogP contribution in [0.15, 0.2) is 53.3 Å². The lowest BCUT2D eigenvalue weighted by Crippen LogP contribution is -2.32. The van der Waals surface area contributed by atoms with Crippen LogP contribution in [0.1, 0.15) is 24.4 Å². The molecule has 0 saturated carbocycles. The van der Waals surface area contributed by atoms with Gasteiger partial charge in [0, 0.05) is 25.0 Å². The summed E-state index contributed by atoms with van der Waals surface area (Å²) in [6, 6.07) is 13.8. The molecule has 0 fully saturated rings. The second-order valence-corrected chi connectivity index (χ2v) is 7.12. The van der Waals surface area contributed by atoms with Crippen molar-refractivity contribution in [1.82, 2.24) is 14.5 Å². The van der Waals surface area contributed by atoms with E-state index in [0.717, 1.165) is 16.6 Å². The fourth-order valence-electron chi connectivity index (χ4n) is 3.26. The number of halogens is 1. The Morgan fingerprint density at radius 1 is 1.10 bits per heavy atom. The molecule has 8 heteroatoms. The van der Waals surface area contributed by atoms with Crippen molar-refractivity contribution >= 4 is 34.5 Å². The first-order valence-corrected chi connectivity index (χ1v) is 9.54. The number of hydrogen-bond acceptors (Lipinski definition) is 4. The van der Waals surface area contributed by atoms with Gasteiger partial charge in [0.1, 0.15) is 0 Å². The lowest BCUT2D eigenvalue weighted by Gasteiger charge is -2.18. The molecule has 29 heavy (non-hydrogen) atoms. The van der Waals surface area contributed by atoms with Crippen LogP contribution >= 0.6 is 11.6 Å². The van der Waals surface area contributed by atoms with Crippen LogP contribution in [0.4, 0.5) is 0 Å². The summed E-state index contributed by atoms with van der Waals surface area (Å²) in [6.07, 6.45) is 0.0945. The monoisotopic (exact) mass is 415 g/mol. The van der Waals surface area contributed by atoms with Crippen molar-refractivity contribution in [2.24, 2.45) is 7.05 Å². The van der Waals surface area contributed by atoms with E-state index in [9.17, 15) is 14.4 Å². The molecule has 1 amide bonds. The minimum Gasteiger partial charge on any atom is -0.469 e. The molecule has 1 atom stereocenters. The van der Waals surface area contributed by atoms with E-state index < -0.39 is 12.0 Å². The quantitative estimate of drug-likeness (QED) is 0.601. The molecule has 0 bridgehead atoms. The van der Waals surface area contributed by atoms with Gasteiger partial charge in [-0.1, -0.05) is 35.9 Å². The first kappa shape index (κ1) is 20.7. The first-order chi connectivity index (χ1) is 13.9. The summed E-state index contributed by atoms with van der Waals surface area (Å²) in [5.74, 6) is -0.704. The van der Waals surface area contributed by atoms with Gasteiger partial charge >= 0.3 is 11.7 Å². The van der Waals surface area contributed by atoms with Crippen LogP contribution in [0.25, 0.3) is 11.0 Å². The fraction of sp³-hybridized carbons (Fsp3) is 0.286. The van der Waals surface area contributed by atoms with E-state index in [2.05, 4.69) is 5.32 Å². The van der Waals surface area contributed by atoms with Crippen molar-refractivity contribution in [2.45, 2.75) is 25.4 Å². The molecule has 3 rings (SSSR count). The van der Waals surface area contributed by atoms with Crippen LogP contribution in [0.3, 0.4) is 0 Å². The van der Waals surface area contributed by atoms with E-state index in [1.165, 1.54) is 7.11 Å². The number of carbonyl (C=O) groups is 2. The van der Waals surface area contributed by atoms with E-state index in [0.29, 0.717) is 5.02 Å². The summed E-state index contributed by atoms with van der Waals surface area (Å²) >= 11 is 5.92. The Hall–Kier alpha value is -3.06. The van der Waals surface area contributed by atoms with Crippen molar-refractivity contribution in [3.63, 3.8) is 0 Å². The summed E-state index contributed by atoms with van der Waals surface area (Å²) < 4.78 is 7.87. The third-order valence-corrected chi connectivity index (χ3v) is 5.07. The Morgan fingerprint density at radius 3 is 2.41 bits per heavy atom. The van der Waals surface area contributed by atoms with E-state index in [-0.39, 0.29) is 31.0 Å². The van der Waals surface area contributed by atoms with Gasteiger partial charge in [-0.2, -0.15) is 0 Å². The largest absolute Gasteiger partial charge is 0.469 e. The predicted molar refractivity (Wildman–Crippen MR) is 111 cm³/mol. The van der Waals surface area contributed by atoms with Crippen molar-refractivity contribution in [3.8, 4) is 0 Å². The lowest BCUT2D eigenvalue weighted by atomic mass is 10.0. The van der Waals surface area contributed by atoms with Gasteiger partial charge in [-0.05, 0) is 29.8 Å². The third kappa shape index (κ3) is 4.68. The number of esters is 1. The average Bonchev–Trinajstić information content (AvgIpc) is 2.97. The highest BCUT2D eigenvalue weighted by Crippen LogP contribution is 2.20. The zero-order chi connectivity index (χ0) is 21.0. The number of imidazole rings is 1. The molecule has 7 nitrogen and oxygen atoms in total. The number of aryl methyl sites for hydroxylation is 2. The van der Waals surface area contributed by atoms with Crippen LogP contribution in [-0.2, 0) is 27.9 Å². The molecule has 3 aromatic rings. The van der Waals surface area contributed by atoms with Gasteiger partial charge < -0.3 is 10.1 Å². The summed E-state index contributed by atoms with van der Waals surface area (Å²) in [7, 11) is 3.00. The van der Waals surface area contributed by atoms with E-state index in [1.807, 2.05) is 24.3 Å². The average molecular weight is 416 g/mol. The normalized spacial score (nSPS) is 12.0. The minimum atomic E-state index is -0.545. The van der Waals surface area contributed by atoms with Crippen LogP contribution in [-0.4, -0.2) is 28.1 Å². The van der Waals surface area contributed by atoms with Gasteiger partial charge in [0.25, 0.3) is 0 Å². The second-order valence-electron chi connectivity index (χ2n) is 6.68. The molecule has 2 aromatic carbocycles. The number of amides is 1. The molecule has 1 heterocycles. The Morgan fingerprint density at radius 2 is 1.76 bits per heavy atom. The summed E-state index contributed by atoms with van der Waals surface area (Å²) in [6.45, 7) is 0.234. The third-order valence-electron chi connectivity index (χ3n) is 4.82. The Balaban J connectivity index is 1.74.